The Bertz CT molecular complexity index is 1330. The lowest BCUT2D eigenvalue weighted by Crippen LogP contribution is -2.60. The Hall–Kier alpha value is -0.810. The highest BCUT2D eigenvalue weighted by Gasteiger charge is 2.84. The summed E-state index contributed by atoms with van der Waals surface area (Å²) < 4.78 is 25.9. The highest BCUT2D eigenvalue weighted by molar-refractivity contribution is 5.66. The van der Waals surface area contributed by atoms with Gasteiger partial charge in [0.15, 0.2) is 12.4 Å². The van der Waals surface area contributed by atoms with Gasteiger partial charge < -0.3 is 34.1 Å². The second kappa shape index (κ2) is 12.6. The molecule has 0 bridgehead atoms. The van der Waals surface area contributed by atoms with Crippen LogP contribution in [0.2, 0.25) is 0 Å². The maximum Gasteiger partial charge on any atom is 0.303 e. The zero-order valence-electron chi connectivity index (χ0n) is 33.1. The number of carbonyl (C=O) groups excluding carboxylic acids is 1. The highest BCUT2D eigenvalue weighted by Crippen LogP contribution is 2.89. The molecule has 51 heavy (non-hydrogen) atoms. The second-order valence-electron chi connectivity index (χ2n) is 20.5. The van der Waals surface area contributed by atoms with Gasteiger partial charge >= 0.3 is 5.97 Å². The molecule has 8 aliphatic rings. The van der Waals surface area contributed by atoms with E-state index in [2.05, 4.69) is 44.4 Å². The Morgan fingerprint density at radius 2 is 1.65 bits per heavy atom. The van der Waals surface area contributed by atoms with E-state index in [-0.39, 0.29) is 52.0 Å². The van der Waals surface area contributed by atoms with E-state index in [1.54, 1.807) is 13.8 Å². The Labute approximate surface area is 307 Å². The molecule has 0 aromatic rings. The van der Waals surface area contributed by atoms with E-state index in [4.69, 9.17) is 18.9 Å². The van der Waals surface area contributed by atoms with Gasteiger partial charge in [0.1, 0.15) is 0 Å². The minimum Gasteiger partial charge on any atom is -0.457 e. The minimum absolute atomic E-state index is 0.0472. The minimum atomic E-state index is -1.25. The molecule has 0 amide bonds. The van der Waals surface area contributed by atoms with Crippen LogP contribution in [0.4, 0.5) is 0 Å². The van der Waals surface area contributed by atoms with E-state index < -0.39 is 29.9 Å². The fourth-order valence-corrected chi connectivity index (χ4v) is 15.0. The van der Waals surface area contributed by atoms with Crippen molar-refractivity contribution >= 4 is 5.97 Å². The normalized spacial score (nSPS) is 50.0. The molecular weight excluding hydrogens is 644 g/mol. The summed E-state index contributed by atoms with van der Waals surface area (Å²) in [5.74, 6) is 1.15. The molecule has 8 rings (SSSR count). The number of hydrogen-bond acceptors (Lipinski definition) is 9. The number of esters is 1. The summed E-state index contributed by atoms with van der Waals surface area (Å²) in [5.41, 5.74) is -0.913. The Morgan fingerprint density at radius 3 is 2.35 bits per heavy atom. The van der Waals surface area contributed by atoms with Crippen molar-refractivity contribution in [3.8, 4) is 0 Å². The number of carbonyl (C=O) groups is 1. The average Bonchev–Trinajstić information content (AvgIpc) is 3.33. The maximum atomic E-state index is 12.6. The predicted octanol–water partition coefficient (Wildman–Crippen LogP) is 5.64. The van der Waals surface area contributed by atoms with Gasteiger partial charge in [-0.3, -0.25) is 9.69 Å². The zero-order chi connectivity index (χ0) is 36.4. The summed E-state index contributed by atoms with van der Waals surface area (Å²) in [4.78, 5) is 17.3. The maximum absolute atomic E-state index is 12.6. The van der Waals surface area contributed by atoms with Crippen LogP contribution >= 0.6 is 0 Å². The largest absolute Gasteiger partial charge is 0.457 e. The molecule has 290 valence electrons. The van der Waals surface area contributed by atoms with Crippen molar-refractivity contribution in [3.63, 3.8) is 0 Å². The SMILES string of the molecule is CC(=O)O[C@@H]([C@H]1C[C@@H](C)[C@H]2[C@H](O1)[C@H](O)[C@@]1(C)[C@@H]3CC[C@H]4C(C)(C)[C@@H](O[C@H]5CN(CCN6CCCC6)CCO5)CC[C@@]45C[C@@]35CC[C@]21C)C(C)(C)O. The first-order chi connectivity index (χ1) is 24.0. The monoisotopic (exact) mass is 715 g/mol. The predicted molar refractivity (Wildman–Crippen MR) is 195 cm³/mol. The molecule has 0 radical (unpaired) electrons. The molecule has 0 unspecified atom stereocenters. The lowest BCUT2D eigenvalue weighted by molar-refractivity contribution is -0.249. The van der Waals surface area contributed by atoms with Crippen LogP contribution < -0.4 is 0 Å². The fourth-order valence-electron chi connectivity index (χ4n) is 15.0. The smallest absolute Gasteiger partial charge is 0.303 e. The number of nitrogens with zero attached hydrogens (tertiary/aromatic N) is 2. The average molecular weight is 715 g/mol. The summed E-state index contributed by atoms with van der Waals surface area (Å²) in [6.07, 6.45) is 9.57. The van der Waals surface area contributed by atoms with Gasteiger partial charge in [-0.15, -0.1) is 0 Å². The summed E-state index contributed by atoms with van der Waals surface area (Å²) in [6, 6.07) is 0. The van der Waals surface area contributed by atoms with E-state index >= 15 is 0 Å². The van der Waals surface area contributed by atoms with Crippen LogP contribution in [0.1, 0.15) is 120 Å². The van der Waals surface area contributed by atoms with E-state index in [0.29, 0.717) is 23.7 Å². The standard InChI is InChI=1S/C42H70N2O7/c1-26-23-28(36(38(5,6)47)49-27(2)45)50-34-33(26)39(7)15-16-42-25-41(42)14-13-31(37(3,4)29(41)11-12-30(42)40(39,8)35(34)46)51-32-24-44(21-22-48-32)20-19-43-17-9-10-18-43/h26,28-36,46-47H,9-25H2,1-8H3/t26-,28-,29+,30+,31+,32+,33+,34+,35+,36+,39-,40-,41-,42+/m1/s1. The zero-order valence-corrected chi connectivity index (χ0v) is 33.1. The first-order valence-electron chi connectivity index (χ1n) is 20.9. The molecule has 3 saturated heterocycles. The van der Waals surface area contributed by atoms with Crippen LogP contribution in [-0.4, -0.2) is 114 Å². The Kier molecular flexibility index (Phi) is 9.18. The summed E-state index contributed by atoms with van der Waals surface area (Å²) in [6.45, 7) is 24.4. The van der Waals surface area contributed by atoms with Gasteiger partial charge in [0.05, 0.1) is 36.6 Å². The third kappa shape index (κ3) is 5.50. The number of morpholine rings is 1. The van der Waals surface area contributed by atoms with Crippen molar-refractivity contribution in [1.29, 1.82) is 0 Å². The quantitative estimate of drug-likeness (QED) is 0.310. The van der Waals surface area contributed by atoms with Crippen molar-refractivity contribution in [1.82, 2.24) is 9.80 Å². The van der Waals surface area contributed by atoms with Gasteiger partial charge in [-0.25, -0.2) is 0 Å². The number of rotatable bonds is 8. The molecule has 5 saturated carbocycles. The van der Waals surface area contributed by atoms with Crippen LogP contribution in [-0.2, 0) is 23.7 Å². The van der Waals surface area contributed by atoms with Gasteiger partial charge in [-0.2, -0.15) is 0 Å². The van der Waals surface area contributed by atoms with Gasteiger partial charge in [0.25, 0.3) is 0 Å². The van der Waals surface area contributed by atoms with Crippen LogP contribution in [0, 0.1) is 50.7 Å². The number of aliphatic hydroxyl groups excluding tert-OH is 1. The molecule has 9 heteroatoms. The topological polar surface area (TPSA) is 101 Å². The third-order valence-corrected chi connectivity index (χ3v) is 17.5. The van der Waals surface area contributed by atoms with E-state index in [9.17, 15) is 15.0 Å². The molecule has 3 heterocycles. The lowest BCUT2D eigenvalue weighted by atomic mass is 9.41. The molecule has 14 atom stereocenters. The number of ether oxygens (including phenoxy) is 4. The van der Waals surface area contributed by atoms with E-state index in [1.807, 2.05) is 0 Å². The third-order valence-electron chi connectivity index (χ3n) is 17.5. The highest BCUT2D eigenvalue weighted by atomic mass is 16.7. The van der Waals surface area contributed by atoms with Crippen LogP contribution in [0.5, 0.6) is 0 Å². The summed E-state index contributed by atoms with van der Waals surface area (Å²) in [7, 11) is 0. The molecule has 2 N–H and O–H groups in total. The Morgan fingerprint density at radius 1 is 0.961 bits per heavy atom. The van der Waals surface area contributed by atoms with E-state index in [0.717, 1.165) is 52.0 Å². The number of fused-ring (bicyclic) bond motifs is 4. The van der Waals surface area contributed by atoms with Crippen molar-refractivity contribution in [2.24, 2.45) is 50.7 Å². The van der Waals surface area contributed by atoms with Gasteiger partial charge in [0, 0.05) is 38.5 Å². The molecule has 0 aromatic heterocycles. The van der Waals surface area contributed by atoms with Crippen molar-refractivity contribution in [3.05, 3.63) is 0 Å². The molecule has 0 aromatic carbocycles. The number of hydrogen-bond donors (Lipinski definition) is 2. The molecular formula is C42H70N2O7. The van der Waals surface area contributed by atoms with Crippen molar-refractivity contribution < 1.29 is 34.0 Å². The second-order valence-corrected chi connectivity index (χ2v) is 20.5. The first-order valence-corrected chi connectivity index (χ1v) is 20.9. The number of likely N-dealkylation sites (tertiary alicyclic amines) is 1. The molecule has 8 fully saturated rings. The van der Waals surface area contributed by atoms with Crippen molar-refractivity contribution in [2.75, 3.05) is 45.9 Å². The van der Waals surface area contributed by atoms with Crippen LogP contribution in [0.3, 0.4) is 0 Å². The lowest BCUT2D eigenvalue weighted by Gasteiger charge is -2.64. The summed E-state index contributed by atoms with van der Waals surface area (Å²) in [5, 5.41) is 23.7. The molecule has 9 nitrogen and oxygen atoms in total. The van der Waals surface area contributed by atoms with Crippen LogP contribution in [0.15, 0.2) is 0 Å². The molecule has 3 aliphatic heterocycles. The van der Waals surface area contributed by atoms with Crippen molar-refractivity contribution in [2.45, 2.75) is 162 Å². The van der Waals surface area contributed by atoms with Gasteiger partial charge in [-0.05, 0) is 136 Å². The fraction of sp³-hybridized carbons (Fsp3) is 0.976. The van der Waals surface area contributed by atoms with Gasteiger partial charge in [-0.1, -0.05) is 34.6 Å². The van der Waals surface area contributed by atoms with E-state index in [1.165, 1.54) is 58.5 Å². The number of aliphatic hydroxyl groups is 2. The van der Waals surface area contributed by atoms with Gasteiger partial charge in [0.2, 0.25) is 0 Å². The molecule has 2 spiro atoms. The first kappa shape index (κ1) is 37.1. The Balaban J connectivity index is 0.984. The molecule has 5 aliphatic carbocycles. The van der Waals surface area contributed by atoms with Crippen LogP contribution in [0.25, 0.3) is 0 Å². The summed E-state index contributed by atoms with van der Waals surface area (Å²) >= 11 is 0.